The van der Waals surface area contributed by atoms with Gasteiger partial charge >= 0.3 is 6.09 Å². The Morgan fingerprint density at radius 1 is 0.814 bits per heavy atom. The molecule has 8 rings (SSSR count). The molecule has 13 nitrogen and oxygen atoms in total. The SMILES string of the molecule is COC(=O)N[C@H](C(=O)N1CCC[C@H]1c1ncc(-c2ccc(-c3ccc(-c4cnc(C5C6CCC(C6)[C@@H]5C(=O)NCc5cccnc5C(C)C)[nH]4)cc3)cc2)[nH]1)[C@@H](C)OC. The molecule has 308 valence electrons. The molecule has 2 aromatic carbocycles. The molecule has 4 heterocycles. The summed E-state index contributed by atoms with van der Waals surface area (Å²) in [4.78, 5) is 62.4. The van der Waals surface area contributed by atoms with Crippen LogP contribution in [-0.4, -0.2) is 80.6 Å². The first-order valence-electron chi connectivity index (χ1n) is 20.8. The van der Waals surface area contributed by atoms with Gasteiger partial charge in [-0.25, -0.2) is 14.8 Å². The summed E-state index contributed by atoms with van der Waals surface area (Å²) >= 11 is 0. The van der Waals surface area contributed by atoms with E-state index in [2.05, 4.69) is 99.0 Å². The van der Waals surface area contributed by atoms with E-state index in [0.717, 1.165) is 82.8 Å². The Morgan fingerprint density at radius 3 is 2.08 bits per heavy atom. The Labute approximate surface area is 345 Å². The number of fused-ring (bicyclic) bond motifs is 2. The predicted molar refractivity (Wildman–Crippen MR) is 224 cm³/mol. The van der Waals surface area contributed by atoms with Crippen molar-refractivity contribution in [3.8, 4) is 33.6 Å². The molecule has 2 aliphatic carbocycles. The molecule has 1 saturated heterocycles. The zero-order chi connectivity index (χ0) is 41.2. The number of pyridine rings is 1. The van der Waals surface area contributed by atoms with E-state index in [1.54, 1.807) is 18.0 Å². The van der Waals surface area contributed by atoms with Gasteiger partial charge in [0.2, 0.25) is 11.8 Å². The van der Waals surface area contributed by atoms with Crippen molar-refractivity contribution in [3.05, 3.63) is 102 Å². The second-order valence-electron chi connectivity index (χ2n) is 16.6. The molecule has 13 heteroatoms. The molecule has 7 atom stereocenters. The van der Waals surface area contributed by atoms with Gasteiger partial charge in [-0.1, -0.05) is 68.4 Å². The third-order valence-electron chi connectivity index (χ3n) is 12.8. The van der Waals surface area contributed by atoms with E-state index in [0.29, 0.717) is 36.7 Å². The quantitative estimate of drug-likeness (QED) is 0.0949. The van der Waals surface area contributed by atoms with Gasteiger partial charge in [-0.05, 0) is 90.7 Å². The second-order valence-corrected chi connectivity index (χ2v) is 16.6. The van der Waals surface area contributed by atoms with Crippen molar-refractivity contribution >= 4 is 17.9 Å². The first kappa shape index (κ1) is 40.0. The molecule has 0 radical (unpaired) electrons. The number of hydrogen-bond donors (Lipinski definition) is 4. The number of nitrogens with zero attached hydrogens (tertiary/aromatic N) is 4. The lowest BCUT2D eigenvalue weighted by Gasteiger charge is -2.30. The van der Waals surface area contributed by atoms with Crippen molar-refractivity contribution in [1.82, 2.24) is 40.5 Å². The van der Waals surface area contributed by atoms with Gasteiger partial charge in [0.1, 0.15) is 17.7 Å². The fourth-order valence-corrected chi connectivity index (χ4v) is 9.67. The minimum atomic E-state index is -0.886. The van der Waals surface area contributed by atoms with Gasteiger partial charge in [0, 0.05) is 38.0 Å². The van der Waals surface area contributed by atoms with E-state index in [1.807, 2.05) is 18.5 Å². The molecule has 5 aromatic rings. The van der Waals surface area contributed by atoms with Crippen LogP contribution in [0.25, 0.3) is 33.6 Å². The maximum atomic E-state index is 13.8. The molecule has 3 aliphatic rings. The number of methoxy groups -OCH3 is 2. The average Bonchev–Trinajstić information content (AvgIpc) is 4.13. The number of ether oxygens (including phenoxy) is 2. The first-order chi connectivity index (χ1) is 28.6. The van der Waals surface area contributed by atoms with Gasteiger partial charge in [0.25, 0.3) is 0 Å². The Kier molecular flexibility index (Phi) is 11.6. The maximum Gasteiger partial charge on any atom is 0.407 e. The molecule has 2 saturated carbocycles. The highest BCUT2D eigenvalue weighted by atomic mass is 16.5. The molecule has 3 aromatic heterocycles. The largest absolute Gasteiger partial charge is 0.453 e. The van der Waals surface area contributed by atoms with Gasteiger partial charge < -0.3 is 35.0 Å². The Bertz CT molecular complexity index is 2270. The number of imidazole rings is 2. The van der Waals surface area contributed by atoms with Crippen LogP contribution in [0.1, 0.15) is 93.7 Å². The second kappa shape index (κ2) is 17.2. The first-order valence-corrected chi connectivity index (χ1v) is 20.8. The minimum absolute atomic E-state index is 0.0803. The van der Waals surface area contributed by atoms with Crippen molar-refractivity contribution in [2.24, 2.45) is 17.8 Å². The number of H-pyrrole nitrogens is 2. The van der Waals surface area contributed by atoms with Crippen LogP contribution in [0, 0.1) is 17.8 Å². The lowest BCUT2D eigenvalue weighted by Crippen LogP contribution is -2.54. The van der Waals surface area contributed by atoms with Crippen LogP contribution in [0.4, 0.5) is 4.79 Å². The normalized spacial score (nSPS) is 22.1. The van der Waals surface area contributed by atoms with Crippen LogP contribution < -0.4 is 10.6 Å². The van der Waals surface area contributed by atoms with Crippen molar-refractivity contribution in [1.29, 1.82) is 0 Å². The van der Waals surface area contributed by atoms with Crippen LogP contribution >= 0.6 is 0 Å². The molecule has 3 unspecified atom stereocenters. The number of hydrogen-bond acceptors (Lipinski definition) is 8. The summed E-state index contributed by atoms with van der Waals surface area (Å²) in [5.74, 6) is 2.61. The lowest BCUT2D eigenvalue weighted by molar-refractivity contribution is -0.137. The highest BCUT2D eigenvalue weighted by Gasteiger charge is 2.52. The van der Waals surface area contributed by atoms with E-state index in [-0.39, 0.29) is 29.7 Å². The molecule has 0 spiro atoms. The van der Waals surface area contributed by atoms with E-state index >= 15 is 0 Å². The average molecular weight is 799 g/mol. The third-order valence-corrected chi connectivity index (χ3v) is 12.8. The van der Waals surface area contributed by atoms with Crippen molar-refractivity contribution < 1.29 is 23.9 Å². The third kappa shape index (κ3) is 8.12. The summed E-state index contributed by atoms with van der Waals surface area (Å²) < 4.78 is 10.2. The molecular weight excluding hydrogens is 745 g/mol. The summed E-state index contributed by atoms with van der Waals surface area (Å²) in [7, 11) is 2.77. The van der Waals surface area contributed by atoms with Gasteiger partial charge in [0.05, 0.1) is 49.0 Å². The zero-order valence-electron chi connectivity index (χ0n) is 34.4. The standard InChI is InChI=1S/C46H54N8O5/c1-26(2)40-34(8-6-20-47-40)23-50-44(55)39-33-19-18-32(22-33)38(39)43-49-25-36(52-43)31-16-12-29(13-17-31)28-10-14-30(15-11-28)35-24-48-42(51-35)37-9-7-21-54(37)45(56)41(27(3)58-4)53-46(57)59-5/h6,8,10-17,20,24-27,32-33,37-39,41H,7,9,18-19,21-23H2,1-5H3,(H,48,51)(H,49,52)(H,50,55)(H,53,57)/t27-,32?,33?,37+,38?,39+,41+/m1/s1. The Hall–Kier alpha value is -5.82. The number of nitrogens with one attached hydrogen (secondary N) is 4. The molecule has 2 bridgehead atoms. The number of aromatic nitrogens is 5. The minimum Gasteiger partial charge on any atom is -0.453 e. The van der Waals surface area contributed by atoms with E-state index in [4.69, 9.17) is 14.5 Å². The van der Waals surface area contributed by atoms with Gasteiger partial charge in [-0.2, -0.15) is 0 Å². The molecule has 1 aliphatic heterocycles. The summed E-state index contributed by atoms with van der Waals surface area (Å²) in [6.07, 6.45) is 9.18. The van der Waals surface area contributed by atoms with E-state index in [9.17, 15) is 14.4 Å². The molecule has 3 fully saturated rings. The lowest BCUT2D eigenvalue weighted by atomic mass is 9.78. The number of likely N-dealkylation sites (tertiary alicyclic amines) is 1. The van der Waals surface area contributed by atoms with Crippen LogP contribution in [0.5, 0.6) is 0 Å². The van der Waals surface area contributed by atoms with Crippen molar-refractivity contribution in [3.63, 3.8) is 0 Å². The van der Waals surface area contributed by atoms with E-state index < -0.39 is 18.2 Å². The van der Waals surface area contributed by atoms with Crippen molar-refractivity contribution in [2.75, 3.05) is 20.8 Å². The summed E-state index contributed by atoms with van der Waals surface area (Å²) in [6, 6.07) is 19.6. The number of carbonyl (C=O) groups is 3. The number of rotatable bonds is 13. The van der Waals surface area contributed by atoms with Gasteiger partial charge in [0.15, 0.2) is 0 Å². The highest BCUT2D eigenvalue weighted by Crippen LogP contribution is 2.56. The summed E-state index contributed by atoms with van der Waals surface area (Å²) in [5, 5.41) is 5.90. The summed E-state index contributed by atoms with van der Waals surface area (Å²) in [6.45, 7) is 7.05. The van der Waals surface area contributed by atoms with E-state index in [1.165, 1.54) is 14.2 Å². The molecule has 4 N–H and O–H groups in total. The number of aromatic amines is 2. The number of carbonyl (C=O) groups excluding carboxylic acids is 3. The summed E-state index contributed by atoms with van der Waals surface area (Å²) in [5.41, 5.74) is 8.10. The number of benzene rings is 2. The Morgan fingerprint density at radius 2 is 1.44 bits per heavy atom. The van der Waals surface area contributed by atoms with Crippen LogP contribution in [0.2, 0.25) is 0 Å². The van der Waals surface area contributed by atoms with Crippen molar-refractivity contribution in [2.45, 2.75) is 89.4 Å². The fraction of sp³-hybridized carbons (Fsp3) is 0.435. The Balaban J connectivity index is 0.916. The predicted octanol–water partition coefficient (Wildman–Crippen LogP) is 7.52. The molecule has 59 heavy (non-hydrogen) atoms. The fourth-order valence-electron chi connectivity index (χ4n) is 9.67. The molecular formula is C46H54N8O5. The van der Waals surface area contributed by atoms with Crippen LogP contribution in [-0.2, 0) is 25.6 Å². The zero-order valence-corrected chi connectivity index (χ0v) is 34.4. The number of alkyl carbamates (subject to hydrolysis) is 1. The highest BCUT2D eigenvalue weighted by molar-refractivity contribution is 5.87. The van der Waals surface area contributed by atoms with Gasteiger partial charge in [-0.3, -0.25) is 14.6 Å². The molecule has 3 amide bonds. The smallest absolute Gasteiger partial charge is 0.407 e. The maximum absolute atomic E-state index is 13.8. The van der Waals surface area contributed by atoms with Gasteiger partial charge in [-0.15, -0.1) is 0 Å². The topological polar surface area (TPSA) is 167 Å². The van der Waals surface area contributed by atoms with Crippen LogP contribution in [0.15, 0.2) is 79.3 Å². The monoisotopic (exact) mass is 798 g/mol. The van der Waals surface area contributed by atoms with Crippen LogP contribution in [0.3, 0.4) is 0 Å². The number of amides is 3.